The van der Waals surface area contributed by atoms with Crippen LogP contribution in [-0.2, 0) is 9.47 Å². The monoisotopic (exact) mass is 232 g/mol. The van der Waals surface area contributed by atoms with Crippen molar-refractivity contribution in [3.63, 3.8) is 0 Å². The molecule has 1 heterocycles. The minimum Gasteiger partial charge on any atom is -0.339 e. The van der Waals surface area contributed by atoms with Crippen molar-refractivity contribution in [2.75, 3.05) is 33.9 Å². The van der Waals surface area contributed by atoms with Crippen LogP contribution in [0.25, 0.3) is 0 Å². The van der Waals surface area contributed by atoms with E-state index < -0.39 is 5.91 Å². The molecule has 0 aromatic carbocycles. The molecule has 0 aromatic rings. The zero-order valence-electron chi connectivity index (χ0n) is 10.4. The van der Waals surface area contributed by atoms with Crippen molar-refractivity contribution in [1.29, 1.82) is 0 Å². The highest BCUT2D eigenvalue weighted by molar-refractivity contribution is 6.08. The minimum absolute atomic E-state index is 0.204. The fraction of sp³-hybridized carbons (Fsp3) is 1.00. The molecule has 0 radical (unpaired) electrons. The Labute approximate surface area is 95.7 Å². The molecule has 0 bridgehead atoms. The molecule has 0 aromatic heterocycles. The van der Waals surface area contributed by atoms with E-state index in [1.54, 1.807) is 14.2 Å². The van der Waals surface area contributed by atoms with Gasteiger partial charge in [-0.25, -0.2) is 4.90 Å². The molecule has 1 atom stereocenters. The van der Waals surface area contributed by atoms with Crippen LogP contribution >= 0.6 is 0 Å². The summed E-state index contributed by atoms with van der Waals surface area (Å²) in [4.78, 5) is 2.31. The maximum absolute atomic E-state index is 5.60. The molecule has 5 heteroatoms. The lowest BCUT2D eigenvalue weighted by molar-refractivity contribution is -0.317. The van der Waals surface area contributed by atoms with Crippen LogP contribution in [0.3, 0.4) is 0 Å². The quantitative estimate of drug-likeness (QED) is 0.507. The number of ether oxygens (including phenoxy) is 2. The van der Waals surface area contributed by atoms with Crippen LogP contribution in [0.5, 0.6) is 0 Å². The second-order valence-electron chi connectivity index (χ2n) is 4.06. The SMILES string of the molecule is COC1(OC)C(C)NCCN1CCC[SiH3]. The summed E-state index contributed by atoms with van der Waals surface area (Å²) in [6.45, 7) is 5.18. The van der Waals surface area contributed by atoms with Gasteiger partial charge in [0.05, 0.1) is 6.04 Å². The number of piperazine rings is 1. The van der Waals surface area contributed by atoms with Gasteiger partial charge in [0.2, 0.25) is 5.91 Å². The van der Waals surface area contributed by atoms with Gasteiger partial charge in [-0.05, 0) is 13.3 Å². The first-order valence-corrected chi connectivity index (χ1v) is 7.21. The van der Waals surface area contributed by atoms with Crippen molar-refractivity contribution in [2.45, 2.75) is 31.3 Å². The molecule has 1 saturated heterocycles. The lowest BCUT2D eigenvalue weighted by Gasteiger charge is -2.48. The average molecular weight is 232 g/mol. The van der Waals surface area contributed by atoms with Gasteiger partial charge in [-0.3, -0.25) is 0 Å². The summed E-state index contributed by atoms with van der Waals surface area (Å²) < 4.78 is 11.2. The summed E-state index contributed by atoms with van der Waals surface area (Å²) in [6, 6.07) is 1.54. The van der Waals surface area contributed by atoms with Gasteiger partial charge in [0.1, 0.15) is 0 Å². The maximum atomic E-state index is 5.60. The van der Waals surface area contributed by atoms with E-state index in [9.17, 15) is 0 Å². The molecule has 90 valence electrons. The number of nitrogens with one attached hydrogen (secondary N) is 1. The van der Waals surface area contributed by atoms with E-state index in [0.29, 0.717) is 0 Å². The average Bonchev–Trinajstić information content (AvgIpc) is 2.27. The van der Waals surface area contributed by atoms with Crippen LogP contribution in [-0.4, -0.2) is 60.9 Å². The molecule has 1 aliphatic rings. The topological polar surface area (TPSA) is 33.7 Å². The Morgan fingerprint density at radius 3 is 2.67 bits per heavy atom. The zero-order valence-corrected chi connectivity index (χ0v) is 12.4. The summed E-state index contributed by atoms with van der Waals surface area (Å²) in [7, 11) is 4.72. The van der Waals surface area contributed by atoms with Crippen molar-refractivity contribution in [3.05, 3.63) is 0 Å². The zero-order chi connectivity index (χ0) is 11.3. The Morgan fingerprint density at radius 2 is 2.13 bits per heavy atom. The number of methoxy groups -OCH3 is 2. The van der Waals surface area contributed by atoms with Crippen molar-refractivity contribution in [2.24, 2.45) is 0 Å². The van der Waals surface area contributed by atoms with Crippen LogP contribution in [0.2, 0.25) is 6.04 Å². The molecule has 1 aliphatic heterocycles. The Morgan fingerprint density at radius 1 is 1.47 bits per heavy atom. The molecular weight excluding hydrogens is 208 g/mol. The fourth-order valence-corrected chi connectivity index (χ4v) is 2.60. The third kappa shape index (κ3) is 2.60. The molecule has 1 fully saturated rings. The van der Waals surface area contributed by atoms with Gasteiger partial charge in [-0.1, -0.05) is 6.04 Å². The third-order valence-electron chi connectivity index (χ3n) is 3.19. The second-order valence-corrected chi connectivity index (χ2v) is 5.06. The van der Waals surface area contributed by atoms with E-state index in [0.717, 1.165) is 19.6 Å². The normalized spacial score (nSPS) is 27.0. The molecule has 4 nitrogen and oxygen atoms in total. The largest absolute Gasteiger partial charge is 0.339 e. The van der Waals surface area contributed by atoms with Crippen molar-refractivity contribution in [3.8, 4) is 0 Å². The summed E-state index contributed by atoms with van der Waals surface area (Å²) in [6.07, 6.45) is 1.24. The van der Waals surface area contributed by atoms with E-state index in [2.05, 4.69) is 17.1 Å². The van der Waals surface area contributed by atoms with E-state index in [1.807, 2.05) is 0 Å². The molecule has 1 N–H and O–H groups in total. The summed E-state index contributed by atoms with van der Waals surface area (Å²) in [5.74, 6) is -0.574. The Hall–Kier alpha value is 0.0569. The first kappa shape index (κ1) is 13.1. The Kier molecular flexibility index (Phi) is 5.21. The Bertz CT molecular complexity index is 188. The highest BCUT2D eigenvalue weighted by Gasteiger charge is 2.44. The second kappa shape index (κ2) is 5.96. The summed E-state index contributed by atoms with van der Waals surface area (Å²) >= 11 is 0. The van der Waals surface area contributed by atoms with Gasteiger partial charge in [-0.15, -0.1) is 0 Å². The first-order chi connectivity index (χ1) is 7.21. The van der Waals surface area contributed by atoms with Crippen LogP contribution in [0.1, 0.15) is 13.3 Å². The minimum atomic E-state index is -0.574. The molecule has 15 heavy (non-hydrogen) atoms. The molecule has 0 amide bonds. The number of rotatable bonds is 5. The lowest BCUT2D eigenvalue weighted by Crippen LogP contribution is -2.68. The standard InChI is InChI=1S/C10H24N2O2Si/c1-9-10(13-2,14-3)12(6-4-8-15)7-5-11-9/h9,11H,4-8H2,1-3,15H3. The number of nitrogens with zero attached hydrogens (tertiary/aromatic N) is 1. The van der Waals surface area contributed by atoms with Gasteiger partial charge in [0, 0.05) is 44.1 Å². The van der Waals surface area contributed by atoms with E-state index in [1.165, 1.54) is 22.7 Å². The van der Waals surface area contributed by atoms with Gasteiger partial charge >= 0.3 is 0 Å². The molecule has 0 spiro atoms. The first-order valence-electron chi connectivity index (χ1n) is 5.80. The van der Waals surface area contributed by atoms with E-state index in [4.69, 9.17) is 9.47 Å². The summed E-state index contributed by atoms with van der Waals surface area (Å²) in [5, 5.41) is 3.40. The van der Waals surface area contributed by atoms with Crippen LogP contribution in [0.4, 0.5) is 0 Å². The van der Waals surface area contributed by atoms with Gasteiger partial charge < -0.3 is 14.8 Å². The van der Waals surface area contributed by atoms with Crippen molar-refractivity contribution in [1.82, 2.24) is 10.2 Å². The number of hydrogen-bond acceptors (Lipinski definition) is 4. The van der Waals surface area contributed by atoms with Crippen LogP contribution < -0.4 is 5.32 Å². The smallest absolute Gasteiger partial charge is 0.245 e. The molecule has 0 saturated carbocycles. The predicted molar refractivity (Wildman–Crippen MR) is 65.1 cm³/mol. The Balaban J connectivity index is 2.71. The third-order valence-corrected chi connectivity index (χ3v) is 3.89. The van der Waals surface area contributed by atoms with Gasteiger partial charge in [-0.2, -0.15) is 0 Å². The highest BCUT2D eigenvalue weighted by atomic mass is 28.1. The van der Waals surface area contributed by atoms with Gasteiger partial charge in [0.15, 0.2) is 0 Å². The van der Waals surface area contributed by atoms with Crippen LogP contribution in [0.15, 0.2) is 0 Å². The maximum Gasteiger partial charge on any atom is 0.245 e. The van der Waals surface area contributed by atoms with Crippen molar-refractivity contribution < 1.29 is 9.47 Å². The molecular formula is C10H24N2O2Si. The van der Waals surface area contributed by atoms with E-state index >= 15 is 0 Å². The fourth-order valence-electron chi connectivity index (χ4n) is 2.29. The van der Waals surface area contributed by atoms with E-state index in [-0.39, 0.29) is 6.04 Å². The number of hydrogen-bond donors (Lipinski definition) is 1. The van der Waals surface area contributed by atoms with Crippen molar-refractivity contribution >= 4 is 10.2 Å². The summed E-state index contributed by atoms with van der Waals surface area (Å²) in [5.41, 5.74) is 0. The lowest BCUT2D eigenvalue weighted by atomic mass is 10.1. The molecule has 0 aliphatic carbocycles. The molecule has 1 rings (SSSR count). The van der Waals surface area contributed by atoms with Gasteiger partial charge in [0.25, 0.3) is 0 Å². The predicted octanol–water partition coefficient (Wildman–Crippen LogP) is -0.599. The molecule has 1 unspecified atom stereocenters. The highest BCUT2D eigenvalue weighted by Crippen LogP contribution is 2.25. The van der Waals surface area contributed by atoms with Crippen LogP contribution in [0, 0.1) is 0 Å².